The van der Waals surface area contributed by atoms with Crippen LogP contribution in [0.4, 0.5) is 0 Å². The molecular weight excluding hydrogens is 234 g/mol. The standard InChI is InChI=1S/C13H25NO4/c1-13(2,3)18-12(17)10-4-7-14(8-5-10)11(16)6-9-15/h10-11,15-16H,4-9H2,1-3H3. The van der Waals surface area contributed by atoms with E-state index >= 15 is 0 Å². The molecule has 0 amide bonds. The number of ether oxygens (including phenoxy) is 1. The Morgan fingerprint density at radius 2 is 1.94 bits per heavy atom. The number of likely N-dealkylation sites (tertiary alicyclic amines) is 1. The fraction of sp³-hybridized carbons (Fsp3) is 0.923. The summed E-state index contributed by atoms with van der Waals surface area (Å²) in [6.07, 6.45) is 1.17. The van der Waals surface area contributed by atoms with E-state index in [1.54, 1.807) is 0 Å². The summed E-state index contributed by atoms with van der Waals surface area (Å²) in [5.41, 5.74) is -0.440. The van der Waals surface area contributed by atoms with Crippen LogP contribution in [0.5, 0.6) is 0 Å². The first kappa shape index (κ1) is 15.4. The molecule has 0 aliphatic carbocycles. The van der Waals surface area contributed by atoms with Crippen LogP contribution in [-0.2, 0) is 9.53 Å². The highest BCUT2D eigenvalue weighted by Crippen LogP contribution is 2.22. The number of rotatable bonds is 4. The van der Waals surface area contributed by atoms with Gasteiger partial charge in [0.15, 0.2) is 0 Å². The zero-order valence-electron chi connectivity index (χ0n) is 11.6. The third kappa shape index (κ3) is 4.92. The Morgan fingerprint density at radius 3 is 2.39 bits per heavy atom. The van der Waals surface area contributed by atoms with Crippen molar-refractivity contribution in [2.75, 3.05) is 19.7 Å². The average Bonchev–Trinajstić information content (AvgIpc) is 2.27. The van der Waals surface area contributed by atoms with Crippen LogP contribution in [0.3, 0.4) is 0 Å². The molecule has 5 heteroatoms. The molecule has 0 aromatic rings. The molecule has 1 heterocycles. The topological polar surface area (TPSA) is 70.0 Å². The Bertz CT molecular complexity index is 267. The van der Waals surface area contributed by atoms with E-state index < -0.39 is 11.8 Å². The number of carbonyl (C=O) groups is 1. The first-order valence-corrected chi connectivity index (χ1v) is 6.59. The van der Waals surface area contributed by atoms with Gasteiger partial charge in [-0.25, -0.2) is 0 Å². The summed E-state index contributed by atoms with van der Waals surface area (Å²) < 4.78 is 5.36. The first-order valence-electron chi connectivity index (χ1n) is 6.59. The van der Waals surface area contributed by atoms with Crippen molar-refractivity contribution in [3.8, 4) is 0 Å². The van der Waals surface area contributed by atoms with Gasteiger partial charge in [0.25, 0.3) is 0 Å². The smallest absolute Gasteiger partial charge is 0.309 e. The van der Waals surface area contributed by atoms with Gasteiger partial charge in [0, 0.05) is 26.1 Å². The molecule has 1 unspecified atom stereocenters. The lowest BCUT2D eigenvalue weighted by atomic mass is 9.96. The number of piperidine rings is 1. The molecule has 0 saturated carbocycles. The number of hydrogen-bond acceptors (Lipinski definition) is 5. The van der Waals surface area contributed by atoms with Gasteiger partial charge in [-0.1, -0.05) is 0 Å². The van der Waals surface area contributed by atoms with Gasteiger partial charge in [0.05, 0.1) is 5.92 Å². The maximum atomic E-state index is 11.9. The predicted octanol–water partition coefficient (Wildman–Crippen LogP) is 0.741. The number of carbonyl (C=O) groups excluding carboxylic acids is 1. The molecular formula is C13H25NO4. The maximum absolute atomic E-state index is 11.9. The number of aliphatic hydroxyl groups excluding tert-OH is 2. The molecule has 5 nitrogen and oxygen atoms in total. The first-order chi connectivity index (χ1) is 8.33. The van der Waals surface area contributed by atoms with E-state index in [-0.39, 0.29) is 18.5 Å². The molecule has 18 heavy (non-hydrogen) atoms. The van der Waals surface area contributed by atoms with Gasteiger partial charge in [-0.2, -0.15) is 0 Å². The van der Waals surface area contributed by atoms with Crippen LogP contribution in [0.1, 0.15) is 40.0 Å². The van der Waals surface area contributed by atoms with Gasteiger partial charge in [-0.3, -0.25) is 9.69 Å². The van der Waals surface area contributed by atoms with Crippen LogP contribution in [0, 0.1) is 5.92 Å². The molecule has 2 N–H and O–H groups in total. The van der Waals surface area contributed by atoms with E-state index in [0.717, 1.165) is 0 Å². The van der Waals surface area contributed by atoms with Gasteiger partial charge < -0.3 is 14.9 Å². The summed E-state index contributed by atoms with van der Waals surface area (Å²) >= 11 is 0. The summed E-state index contributed by atoms with van der Waals surface area (Å²) in [5, 5.41) is 18.5. The van der Waals surface area contributed by atoms with E-state index in [4.69, 9.17) is 9.84 Å². The molecule has 106 valence electrons. The molecule has 1 saturated heterocycles. The largest absolute Gasteiger partial charge is 0.460 e. The lowest BCUT2D eigenvalue weighted by Crippen LogP contribution is -2.44. The summed E-state index contributed by atoms with van der Waals surface area (Å²) in [7, 11) is 0. The lowest BCUT2D eigenvalue weighted by molar-refractivity contribution is -0.162. The fourth-order valence-electron chi connectivity index (χ4n) is 2.12. The molecule has 1 fully saturated rings. The Kier molecular flexibility index (Phi) is 5.56. The number of hydrogen-bond donors (Lipinski definition) is 2. The third-order valence-corrected chi connectivity index (χ3v) is 3.08. The van der Waals surface area contributed by atoms with Crippen LogP contribution in [-0.4, -0.2) is 52.6 Å². The minimum Gasteiger partial charge on any atom is -0.460 e. The van der Waals surface area contributed by atoms with E-state index in [2.05, 4.69) is 0 Å². The van der Waals surface area contributed by atoms with Gasteiger partial charge in [-0.15, -0.1) is 0 Å². The van der Waals surface area contributed by atoms with Gasteiger partial charge in [-0.05, 0) is 33.6 Å². The normalized spacial score (nSPS) is 20.7. The van der Waals surface area contributed by atoms with Crippen LogP contribution in [0.2, 0.25) is 0 Å². The third-order valence-electron chi connectivity index (χ3n) is 3.08. The van der Waals surface area contributed by atoms with Crippen LogP contribution in [0.15, 0.2) is 0 Å². The van der Waals surface area contributed by atoms with Crippen molar-refractivity contribution < 1.29 is 19.7 Å². The Labute approximate surface area is 109 Å². The molecule has 0 bridgehead atoms. The number of aliphatic hydroxyl groups is 2. The van der Waals surface area contributed by atoms with Crippen LogP contribution < -0.4 is 0 Å². The quantitative estimate of drug-likeness (QED) is 0.729. The van der Waals surface area contributed by atoms with Crippen molar-refractivity contribution in [3.63, 3.8) is 0 Å². The van der Waals surface area contributed by atoms with Crippen molar-refractivity contribution in [2.45, 2.75) is 51.9 Å². The SMILES string of the molecule is CC(C)(C)OC(=O)C1CCN(C(O)CCO)CC1. The van der Waals surface area contributed by atoms with Gasteiger partial charge >= 0.3 is 5.97 Å². The van der Waals surface area contributed by atoms with Crippen molar-refractivity contribution in [1.29, 1.82) is 0 Å². The predicted molar refractivity (Wildman–Crippen MR) is 67.9 cm³/mol. The van der Waals surface area contributed by atoms with Crippen LogP contribution in [0.25, 0.3) is 0 Å². The average molecular weight is 259 g/mol. The Hall–Kier alpha value is -0.650. The second kappa shape index (κ2) is 6.50. The van der Waals surface area contributed by atoms with Gasteiger partial charge in [0.1, 0.15) is 11.8 Å². The zero-order valence-corrected chi connectivity index (χ0v) is 11.6. The minimum atomic E-state index is -0.602. The van der Waals surface area contributed by atoms with E-state index in [1.807, 2.05) is 25.7 Å². The van der Waals surface area contributed by atoms with Crippen molar-refractivity contribution in [3.05, 3.63) is 0 Å². The molecule has 0 aromatic carbocycles. The lowest BCUT2D eigenvalue weighted by Gasteiger charge is -2.34. The summed E-state index contributed by atoms with van der Waals surface area (Å²) in [5.74, 6) is -0.208. The number of esters is 1. The Balaban J connectivity index is 2.37. The van der Waals surface area contributed by atoms with Crippen molar-refractivity contribution >= 4 is 5.97 Å². The fourth-order valence-corrected chi connectivity index (χ4v) is 2.12. The molecule has 1 aliphatic rings. The van der Waals surface area contributed by atoms with E-state index in [0.29, 0.717) is 32.4 Å². The molecule has 1 aliphatic heterocycles. The highest BCUT2D eigenvalue weighted by atomic mass is 16.6. The highest BCUT2D eigenvalue weighted by molar-refractivity contribution is 5.73. The summed E-state index contributed by atoms with van der Waals surface area (Å²) in [6.45, 7) is 6.92. The maximum Gasteiger partial charge on any atom is 0.309 e. The zero-order chi connectivity index (χ0) is 13.8. The minimum absolute atomic E-state index is 0.0207. The molecule has 0 aromatic heterocycles. The second-order valence-electron chi connectivity index (χ2n) is 5.84. The Morgan fingerprint density at radius 1 is 1.39 bits per heavy atom. The molecule has 1 rings (SSSR count). The van der Waals surface area contributed by atoms with Gasteiger partial charge in [0.2, 0.25) is 0 Å². The van der Waals surface area contributed by atoms with E-state index in [1.165, 1.54) is 0 Å². The van der Waals surface area contributed by atoms with Crippen molar-refractivity contribution in [2.24, 2.45) is 5.92 Å². The molecule has 0 spiro atoms. The second-order valence-corrected chi connectivity index (χ2v) is 5.84. The highest BCUT2D eigenvalue weighted by Gasteiger charge is 2.30. The van der Waals surface area contributed by atoms with Crippen LogP contribution >= 0.6 is 0 Å². The monoisotopic (exact) mass is 259 g/mol. The molecule has 0 radical (unpaired) electrons. The summed E-state index contributed by atoms with van der Waals surface area (Å²) in [4.78, 5) is 13.8. The molecule has 1 atom stereocenters. The van der Waals surface area contributed by atoms with Crippen molar-refractivity contribution in [1.82, 2.24) is 4.90 Å². The number of nitrogens with zero attached hydrogens (tertiary/aromatic N) is 1. The summed E-state index contributed by atoms with van der Waals surface area (Å²) in [6, 6.07) is 0. The van der Waals surface area contributed by atoms with E-state index in [9.17, 15) is 9.90 Å².